The van der Waals surface area contributed by atoms with Crippen LogP contribution in [-0.4, -0.2) is 37.1 Å². The lowest BCUT2D eigenvalue weighted by atomic mass is 9.79. The van der Waals surface area contributed by atoms with Gasteiger partial charge in [0.15, 0.2) is 0 Å². The van der Waals surface area contributed by atoms with Gasteiger partial charge in [0.05, 0.1) is 5.56 Å². The molecule has 1 fully saturated rings. The third kappa shape index (κ3) is 4.83. The molecule has 0 aliphatic carbocycles. The van der Waals surface area contributed by atoms with E-state index in [-0.39, 0.29) is 22.9 Å². The first-order chi connectivity index (χ1) is 11.0. The zero-order valence-electron chi connectivity index (χ0n) is 16.4. The maximum atomic E-state index is 12.7. The second-order valence-corrected chi connectivity index (χ2v) is 9.23. The molecule has 2 rings (SSSR count). The summed E-state index contributed by atoms with van der Waals surface area (Å²) < 4.78 is 5.80. The van der Waals surface area contributed by atoms with Crippen molar-refractivity contribution < 1.29 is 9.53 Å². The maximum Gasteiger partial charge on any atom is 0.338 e. The molecule has 1 aromatic carbocycles. The van der Waals surface area contributed by atoms with Gasteiger partial charge in [-0.1, -0.05) is 47.6 Å². The highest BCUT2D eigenvalue weighted by atomic mass is 16.5. The Balaban J connectivity index is 2.29. The lowest BCUT2D eigenvalue weighted by Gasteiger charge is -2.30. The molecule has 0 spiro atoms. The third-order valence-corrected chi connectivity index (χ3v) is 4.76. The second kappa shape index (κ2) is 6.87. The molecule has 3 heteroatoms. The predicted octanol–water partition coefficient (Wildman–Crippen LogP) is 4.53. The van der Waals surface area contributed by atoms with Gasteiger partial charge in [0.1, 0.15) is 6.10 Å². The molecule has 0 aromatic heterocycles. The van der Waals surface area contributed by atoms with Crippen LogP contribution in [0.25, 0.3) is 0 Å². The number of ether oxygens (including phenoxy) is 1. The van der Waals surface area contributed by atoms with E-state index in [1.807, 2.05) is 12.1 Å². The molecule has 0 N–H and O–H groups in total. The quantitative estimate of drug-likeness (QED) is 0.746. The number of piperidine rings is 1. The first-order valence-corrected chi connectivity index (χ1v) is 9.02. The van der Waals surface area contributed by atoms with Crippen LogP contribution in [0.1, 0.15) is 75.9 Å². The van der Waals surface area contributed by atoms with Crippen molar-refractivity contribution in [3.63, 3.8) is 0 Å². The second-order valence-electron chi connectivity index (χ2n) is 9.23. The molecule has 1 saturated heterocycles. The van der Waals surface area contributed by atoms with E-state index < -0.39 is 0 Å². The third-order valence-electron chi connectivity index (χ3n) is 4.76. The lowest BCUT2D eigenvalue weighted by Crippen LogP contribution is -2.38. The molecule has 1 unspecified atom stereocenters. The maximum absolute atomic E-state index is 12.7. The van der Waals surface area contributed by atoms with E-state index in [9.17, 15) is 4.79 Å². The average Bonchev–Trinajstić information content (AvgIpc) is 2.45. The van der Waals surface area contributed by atoms with Gasteiger partial charge in [-0.3, -0.25) is 0 Å². The van der Waals surface area contributed by atoms with Crippen LogP contribution in [0.5, 0.6) is 0 Å². The first kappa shape index (κ1) is 19.0. The van der Waals surface area contributed by atoms with Crippen molar-refractivity contribution in [1.82, 2.24) is 4.90 Å². The molecule has 0 saturated carbocycles. The number of carbonyl (C=O) groups is 1. The minimum absolute atomic E-state index is 0.00134. The minimum atomic E-state index is -0.188. The lowest BCUT2D eigenvalue weighted by molar-refractivity contribution is 0.0108. The fourth-order valence-electron chi connectivity index (χ4n) is 3.05. The summed E-state index contributed by atoms with van der Waals surface area (Å²) in [7, 11) is 2.08. The highest BCUT2D eigenvalue weighted by Gasteiger charge is 2.25. The molecule has 0 amide bonds. The largest absolute Gasteiger partial charge is 0.457 e. The van der Waals surface area contributed by atoms with Crippen LogP contribution >= 0.6 is 0 Å². The van der Waals surface area contributed by atoms with Crippen LogP contribution in [-0.2, 0) is 15.6 Å². The Labute approximate surface area is 147 Å². The van der Waals surface area contributed by atoms with E-state index >= 15 is 0 Å². The Kier molecular flexibility index (Phi) is 5.44. The van der Waals surface area contributed by atoms with Crippen molar-refractivity contribution in [2.45, 2.75) is 71.3 Å². The number of rotatable bonds is 2. The summed E-state index contributed by atoms with van der Waals surface area (Å²) in [5.41, 5.74) is 3.05. The van der Waals surface area contributed by atoms with Gasteiger partial charge in [0.2, 0.25) is 0 Å². The Morgan fingerprint density at radius 2 is 1.58 bits per heavy atom. The van der Waals surface area contributed by atoms with Crippen molar-refractivity contribution in [2.75, 3.05) is 20.1 Å². The molecule has 3 nitrogen and oxygen atoms in total. The fraction of sp³-hybridized carbons (Fsp3) is 0.667. The average molecular weight is 332 g/mol. The Bertz CT molecular complexity index is 561. The van der Waals surface area contributed by atoms with Crippen LogP contribution in [0.3, 0.4) is 0 Å². The summed E-state index contributed by atoms with van der Waals surface area (Å²) in [4.78, 5) is 15.0. The molecule has 0 radical (unpaired) electrons. The van der Waals surface area contributed by atoms with Gasteiger partial charge in [-0.25, -0.2) is 4.79 Å². The summed E-state index contributed by atoms with van der Waals surface area (Å²) in [6.45, 7) is 15.0. The SMILES string of the molecule is CN1CCCC(OC(=O)c2cc(C(C)(C)C)cc(C(C)(C)C)c2)C1. The van der Waals surface area contributed by atoms with Crippen LogP contribution in [0.4, 0.5) is 0 Å². The number of nitrogens with zero attached hydrogens (tertiary/aromatic N) is 1. The number of carbonyl (C=O) groups excluding carboxylic acids is 1. The van der Waals surface area contributed by atoms with Crippen molar-refractivity contribution in [3.8, 4) is 0 Å². The van der Waals surface area contributed by atoms with Gasteiger partial charge < -0.3 is 9.64 Å². The van der Waals surface area contributed by atoms with Gasteiger partial charge in [-0.05, 0) is 60.5 Å². The Hall–Kier alpha value is -1.35. The summed E-state index contributed by atoms with van der Waals surface area (Å²) in [6.07, 6.45) is 2.05. The number of likely N-dealkylation sites (tertiary alicyclic amines) is 1. The summed E-state index contributed by atoms with van der Waals surface area (Å²) in [5, 5.41) is 0. The van der Waals surface area contributed by atoms with Gasteiger partial charge in [0.25, 0.3) is 0 Å². The number of esters is 1. The molecule has 24 heavy (non-hydrogen) atoms. The van der Waals surface area contributed by atoms with E-state index in [1.54, 1.807) is 0 Å². The summed E-state index contributed by atoms with van der Waals surface area (Å²) in [5.74, 6) is -0.188. The highest BCUT2D eigenvalue weighted by Crippen LogP contribution is 2.30. The van der Waals surface area contributed by atoms with Crippen LogP contribution in [0, 0.1) is 0 Å². The molecule has 1 heterocycles. The zero-order valence-corrected chi connectivity index (χ0v) is 16.4. The van der Waals surface area contributed by atoms with E-state index in [0.29, 0.717) is 5.56 Å². The van der Waals surface area contributed by atoms with Gasteiger partial charge >= 0.3 is 5.97 Å². The highest BCUT2D eigenvalue weighted by molar-refractivity contribution is 5.90. The van der Waals surface area contributed by atoms with E-state index in [2.05, 4.69) is 59.6 Å². The topological polar surface area (TPSA) is 29.5 Å². The van der Waals surface area contributed by atoms with Crippen molar-refractivity contribution >= 4 is 5.97 Å². The first-order valence-electron chi connectivity index (χ1n) is 9.02. The molecule has 1 aromatic rings. The molecular weight excluding hydrogens is 298 g/mol. The minimum Gasteiger partial charge on any atom is -0.457 e. The van der Waals surface area contributed by atoms with Gasteiger partial charge in [-0.2, -0.15) is 0 Å². The molecule has 1 aliphatic heterocycles. The van der Waals surface area contributed by atoms with Gasteiger partial charge in [-0.15, -0.1) is 0 Å². The number of likely N-dealkylation sites (N-methyl/N-ethyl adjacent to an activating group) is 1. The fourth-order valence-corrected chi connectivity index (χ4v) is 3.05. The monoisotopic (exact) mass is 331 g/mol. The molecule has 0 bridgehead atoms. The summed E-state index contributed by atoms with van der Waals surface area (Å²) in [6, 6.07) is 6.24. The molecule has 1 aliphatic rings. The number of benzene rings is 1. The van der Waals surface area contributed by atoms with Crippen LogP contribution in [0.15, 0.2) is 18.2 Å². The van der Waals surface area contributed by atoms with E-state index in [1.165, 1.54) is 11.1 Å². The van der Waals surface area contributed by atoms with Crippen LogP contribution < -0.4 is 0 Å². The molecular formula is C21H33NO2. The predicted molar refractivity (Wildman–Crippen MR) is 99.8 cm³/mol. The van der Waals surface area contributed by atoms with E-state index in [0.717, 1.165) is 25.9 Å². The number of hydrogen-bond donors (Lipinski definition) is 0. The normalized spacial score (nSPS) is 20.0. The van der Waals surface area contributed by atoms with Gasteiger partial charge in [0, 0.05) is 6.54 Å². The Morgan fingerprint density at radius 1 is 1.04 bits per heavy atom. The van der Waals surface area contributed by atoms with Crippen molar-refractivity contribution in [1.29, 1.82) is 0 Å². The number of hydrogen-bond acceptors (Lipinski definition) is 3. The zero-order chi connectivity index (χ0) is 18.1. The summed E-state index contributed by atoms with van der Waals surface area (Å²) >= 11 is 0. The van der Waals surface area contributed by atoms with Crippen molar-refractivity contribution in [3.05, 3.63) is 34.9 Å². The smallest absolute Gasteiger partial charge is 0.338 e. The molecule has 1 atom stereocenters. The Morgan fingerprint density at radius 3 is 2.04 bits per heavy atom. The van der Waals surface area contributed by atoms with Crippen molar-refractivity contribution in [2.24, 2.45) is 0 Å². The standard InChI is InChI=1S/C21H33NO2/c1-20(2,3)16-11-15(12-17(13-16)21(4,5)6)19(23)24-18-9-8-10-22(7)14-18/h11-13,18H,8-10,14H2,1-7H3. The van der Waals surface area contributed by atoms with E-state index in [4.69, 9.17) is 4.74 Å². The van der Waals surface area contributed by atoms with Crippen LogP contribution in [0.2, 0.25) is 0 Å². The molecule has 134 valence electrons.